The number of anilines is 1. The first-order valence-corrected chi connectivity index (χ1v) is 7.12. The van der Waals surface area contributed by atoms with Crippen LogP contribution in [-0.4, -0.2) is 56.2 Å². The number of rotatable bonds is 7. The number of sulfonamides is 1. The minimum absolute atomic E-state index is 0.0504. The summed E-state index contributed by atoms with van der Waals surface area (Å²) >= 11 is 0. The Labute approximate surface area is 116 Å². The number of nitrogen functional groups attached to an aromatic ring is 1. The van der Waals surface area contributed by atoms with Gasteiger partial charge in [0.2, 0.25) is 10.0 Å². The Morgan fingerprint density at radius 3 is 2.25 bits per heavy atom. The molecule has 8 nitrogen and oxygen atoms in total. The molecule has 9 heteroatoms. The van der Waals surface area contributed by atoms with Crippen LogP contribution in [0.4, 0.5) is 5.69 Å². The van der Waals surface area contributed by atoms with Crippen molar-refractivity contribution in [3.05, 3.63) is 18.2 Å². The van der Waals surface area contributed by atoms with E-state index in [1.807, 2.05) is 0 Å². The molecule has 114 valence electrons. The van der Waals surface area contributed by atoms with E-state index in [0.717, 1.165) is 0 Å². The standard InChI is InChI=1S/C11H18N2O6S/c1-19-9-3-2-8(12)4-10(9)20(17,18)13-11(5-14,6-15)7-16/h2-4,13-16H,5-7,12H2,1H3. The minimum Gasteiger partial charge on any atom is -0.495 e. The summed E-state index contributed by atoms with van der Waals surface area (Å²) in [5.41, 5.74) is 3.98. The molecule has 0 radical (unpaired) electrons. The average Bonchev–Trinajstić information content (AvgIpc) is 2.45. The molecule has 0 spiro atoms. The number of nitrogens with one attached hydrogen (secondary N) is 1. The second-order valence-corrected chi connectivity index (χ2v) is 5.92. The Morgan fingerprint density at radius 2 is 1.80 bits per heavy atom. The number of benzene rings is 1. The van der Waals surface area contributed by atoms with Gasteiger partial charge < -0.3 is 25.8 Å². The number of hydrogen-bond donors (Lipinski definition) is 5. The monoisotopic (exact) mass is 306 g/mol. The molecular formula is C11H18N2O6S. The third-order valence-electron chi connectivity index (χ3n) is 2.74. The molecule has 0 fully saturated rings. The number of aliphatic hydroxyl groups excluding tert-OH is 3. The Hall–Kier alpha value is -1.39. The Bertz CT molecular complexity index is 548. The second-order valence-electron chi connectivity index (χ2n) is 4.27. The van der Waals surface area contributed by atoms with E-state index in [2.05, 4.69) is 4.72 Å². The third-order valence-corrected chi connectivity index (χ3v) is 4.34. The molecule has 0 heterocycles. The van der Waals surface area contributed by atoms with Crippen LogP contribution in [-0.2, 0) is 10.0 Å². The van der Waals surface area contributed by atoms with Crippen LogP contribution in [0.15, 0.2) is 23.1 Å². The minimum atomic E-state index is -4.15. The molecule has 20 heavy (non-hydrogen) atoms. The average molecular weight is 306 g/mol. The van der Waals surface area contributed by atoms with Crippen molar-refractivity contribution in [2.75, 3.05) is 32.7 Å². The zero-order valence-electron chi connectivity index (χ0n) is 10.9. The number of hydrogen-bond acceptors (Lipinski definition) is 7. The van der Waals surface area contributed by atoms with Gasteiger partial charge in [0.1, 0.15) is 16.2 Å². The van der Waals surface area contributed by atoms with E-state index in [1.54, 1.807) is 0 Å². The normalized spacial score (nSPS) is 12.4. The van der Waals surface area contributed by atoms with E-state index < -0.39 is 35.4 Å². The summed E-state index contributed by atoms with van der Waals surface area (Å²) in [6.45, 7) is -2.32. The van der Waals surface area contributed by atoms with Crippen molar-refractivity contribution in [2.45, 2.75) is 10.4 Å². The first-order valence-electron chi connectivity index (χ1n) is 5.64. The van der Waals surface area contributed by atoms with Crippen LogP contribution in [0.1, 0.15) is 0 Å². The van der Waals surface area contributed by atoms with Crippen molar-refractivity contribution in [2.24, 2.45) is 0 Å². The Kier molecular flexibility index (Phi) is 5.31. The predicted octanol–water partition coefficient (Wildman–Crippen LogP) is -1.73. The second kappa shape index (κ2) is 6.37. The van der Waals surface area contributed by atoms with Gasteiger partial charge in [-0.05, 0) is 18.2 Å². The molecule has 0 aliphatic rings. The summed E-state index contributed by atoms with van der Waals surface area (Å²) in [4.78, 5) is -0.250. The first kappa shape index (κ1) is 16.7. The molecular weight excluding hydrogens is 288 g/mol. The number of nitrogens with two attached hydrogens (primary N) is 1. The highest BCUT2D eigenvalue weighted by atomic mass is 32.2. The molecule has 6 N–H and O–H groups in total. The van der Waals surface area contributed by atoms with Crippen LogP contribution in [0.2, 0.25) is 0 Å². The summed E-state index contributed by atoms with van der Waals surface area (Å²) in [6, 6.07) is 4.02. The van der Waals surface area contributed by atoms with Crippen molar-refractivity contribution in [3.63, 3.8) is 0 Å². The van der Waals surface area contributed by atoms with E-state index in [1.165, 1.54) is 25.3 Å². The van der Waals surface area contributed by atoms with Crippen molar-refractivity contribution in [1.82, 2.24) is 4.72 Å². The van der Waals surface area contributed by atoms with Crippen LogP contribution in [0, 0.1) is 0 Å². The largest absolute Gasteiger partial charge is 0.495 e. The van der Waals surface area contributed by atoms with Gasteiger partial charge in [0, 0.05) is 5.69 Å². The van der Waals surface area contributed by atoms with Gasteiger partial charge in [-0.15, -0.1) is 0 Å². The number of ether oxygens (including phenoxy) is 1. The molecule has 0 saturated carbocycles. The molecule has 0 bridgehead atoms. The predicted molar refractivity (Wildman–Crippen MR) is 71.7 cm³/mol. The lowest BCUT2D eigenvalue weighted by Gasteiger charge is -2.28. The van der Waals surface area contributed by atoms with E-state index in [-0.39, 0.29) is 16.3 Å². The van der Waals surface area contributed by atoms with Crippen LogP contribution in [0.3, 0.4) is 0 Å². The van der Waals surface area contributed by atoms with E-state index in [4.69, 9.17) is 25.8 Å². The first-order chi connectivity index (χ1) is 9.34. The van der Waals surface area contributed by atoms with Gasteiger partial charge in [0.15, 0.2) is 0 Å². The summed E-state index contributed by atoms with van der Waals surface area (Å²) in [7, 11) is -2.86. The van der Waals surface area contributed by atoms with Crippen molar-refractivity contribution in [1.29, 1.82) is 0 Å². The maximum absolute atomic E-state index is 12.3. The molecule has 0 amide bonds. The summed E-state index contributed by atoms with van der Waals surface area (Å²) < 4.78 is 31.6. The maximum Gasteiger partial charge on any atom is 0.245 e. The van der Waals surface area contributed by atoms with Gasteiger partial charge in [-0.25, -0.2) is 8.42 Å². The third kappa shape index (κ3) is 3.38. The van der Waals surface area contributed by atoms with Gasteiger partial charge >= 0.3 is 0 Å². The van der Waals surface area contributed by atoms with Crippen molar-refractivity contribution in [3.8, 4) is 5.75 Å². The Morgan fingerprint density at radius 1 is 1.25 bits per heavy atom. The molecule has 1 aromatic rings. The van der Waals surface area contributed by atoms with Crippen LogP contribution < -0.4 is 15.2 Å². The highest BCUT2D eigenvalue weighted by Gasteiger charge is 2.35. The quantitative estimate of drug-likeness (QED) is 0.377. The zero-order chi connectivity index (χ0) is 15.4. The molecule has 0 aliphatic heterocycles. The maximum atomic E-state index is 12.3. The molecule has 0 unspecified atom stereocenters. The number of aliphatic hydroxyl groups is 3. The van der Waals surface area contributed by atoms with Crippen molar-refractivity contribution < 1.29 is 28.5 Å². The van der Waals surface area contributed by atoms with Gasteiger partial charge in [-0.3, -0.25) is 0 Å². The van der Waals surface area contributed by atoms with Gasteiger partial charge in [-0.1, -0.05) is 0 Å². The van der Waals surface area contributed by atoms with Crippen LogP contribution >= 0.6 is 0 Å². The lowest BCUT2D eigenvalue weighted by Crippen LogP contribution is -2.56. The zero-order valence-corrected chi connectivity index (χ0v) is 11.7. The summed E-state index contributed by atoms with van der Waals surface area (Å²) in [5, 5.41) is 27.5. The molecule has 0 aliphatic carbocycles. The smallest absolute Gasteiger partial charge is 0.245 e. The fraction of sp³-hybridized carbons (Fsp3) is 0.455. The molecule has 0 atom stereocenters. The SMILES string of the molecule is COc1ccc(N)cc1S(=O)(=O)NC(CO)(CO)CO. The highest BCUT2D eigenvalue weighted by molar-refractivity contribution is 7.89. The van der Waals surface area contributed by atoms with E-state index >= 15 is 0 Å². The highest BCUT2D eigenvalue weighted by Crippen LogP contribution is 2.26. The molecule has 1 rings (SSSR count). The summed E-state index contributed by atoms with van der Waals surface area (Å²) in [6.07, 6.45) is 0. The molecule has 0 saturated heterocycles. The molecule has 0 aromatic heterocycles. The Balaban J connectivity index is 3.27. The van der Waals surface area contributed by atoms with Crippen molar-refractivity contribution >= 4 is 15.7 Å². The fourth-order valence-corrected chi connectivity index (χ4v) is 3.07. The van der Waals surface area contributed by atoms with Crippen LogP contribution in [0.5, 0.6) is 5.75 Å². The molecule has 1 aromatic carbocycles. The lowest BCUT2D eigenvalue weighted by molar-refractivity contribution is 0.0581. The fourth-order valence-electron chi connectivity index (χ4n) is 1.49. The van der Waals surface area contributed by atoms with Gasteiger partial charge in [-0.2, -0.15) is 4.72 Å². The van der Waals surface area contributed by atoms with Gasteiger partial charge in [0.05, 0.1) is 26.9 Å². The lowest BCUT2D eigenvalue weighted by atomic mass is 10.1. The van der Waals surface area contributed by atoms with Crippen LogP contribution in [0.25, 0.3) is 0 Å². The van der Waals surface area contributed by atoms with Gasteiger partial charge in [0.25, 0.3) is 0 Å². The van der Waals surface area contributed by atoms with E-state index in [0.29, 0.717) is 0 Å². The number of methoxy groups -OCH3 is 1. The van der Waals surface area contributed by atoms with E-state index in [9.17, 15) is 8.42 Å². The summed E-state index contributed by atoms with van der Waals surface area (Å²) in [5.74, 6) is 0.0504. The topological polar surface area (TPSA) is 142 Å².